The molecule has 0 bridgehead atoms. The molecule has 0 aliphatic carbocycles. The van der Waals surface area contributed by atoms with E-state index in [1.807, 2.05) is 24.3 Å². The lowest BCUT2D eigenvalue weighted by molar-refractivity contribution is -0.233. The minimum absolute atomic E-state index is 0.0246. The first-order valence-electron chi connectivity index (χ1n) is 15.0. The van der Waals surface area contributed by atoms with E-state index in [0.717, 1.165) is 30.6 Å². The van der Waals surface area contributed by atoms with Crippen molar-refractivity contribution in [1.29, 1.82) is 0 Å². The fourth-order valence-electron chi connectivity index (χ4n) is 5.38. The van der Waals surface area contributed by atoms with Crippen LogP contribution in [-0.2, 0) is 35.1 Å². The number of ether oxygens (including phenoxy) is 4. The molecule has 2 saturated heterocycles. The highest BCUT2D eigenvalue weighted by Crippen LogP contribution is 2.26. The smallest absolute Gasteiger partial charge is 0.305 e. The summed E-state index contributed by atoms with van der Waals surface area (Å²) in [6.45, 7) is 2.56. The SMILES string of the molecule is CCCCCCCCCCCCCC(=O)OC[C@@H]1OC(OC)CN2C(=O)CN(Cc3ccc(OC)cc3)C(=O)[C@H]12. The van der Waals surface area contributed by atoms with E-state index in [1.54, 1.807) is 7.11 Å². The topological polar surface area (TPSA) is 94.6 Å². The molecule has 1 unspecified atom stereocenters. The van der Waals surface area contributed by atoms with Crippen LogP contribution in [0.5, 0.6) is 5.75 Å². The number of amides is 2. The van der Waals surface area contributed by atoms with Gasteiger partial charge in [0, 0.05) is 20.1 Å². The number of esters is 1. The van der Waals surface area contributed by atoms with Gasteiger partial charge in [-0.1, -0.05) is 83.3 Å². The van der Waals surface area contributed by atoms with Gasteiger partial charge in [-0.05, 0) is 24.1 Å². The zero-order valence-corrected chi connectivity index (χ0v) is 24.6. The van der Waals surface area contributed by atoms with Crippen molar-refractivity contribution in [2.75, 3.05) is 33.9 Å². The number of morpholine rings is 1. The molecule has 0 radical (unpaired) electrons. The third kappa shape index (κ3) is 9.77. The zero-order chi connectivity index (χ0) is 28.7. The van der Waals surface area contributed by atoms with Gasteiger partial charge in [-0.2, -0.15) is 0 Å². The lowest BCUT2D eigenvalue weighted by atomic mass is 10.0. The van der Waals surface area contributed by atoms with E-state index in [2.05, 4.69) is 6.92 Å². The van der Waals surface area contributed by atoms with E-state index in [-0.39, 0.29) is 44.0 Å². The van der Waals surface area contributed by atoms with Gasteiger partial charge in [-0.25, -0.2) is 0 Å². The number of fused-ring (bicyclic) bond motifs is 1. The first-order valence-corrected chi connectivity index (χ1v) is 15.0. The van der Waals surface area contributed by atoms with Crippen LogP contribution in [0, 0.1) is 0 Å². The predicted molar refractivity (Wildman–Crippen MR) is 152 cm³/mol. The summed E-state index contributed by atoms with van der Waals surface area (Å²) in [6.07, 6.45) is 12.2. The first kappa shape index (κ1) is 31.9. The van der Waals surface area contributed by atoms with Crippen LogP contribution in [0.1, 0.15) is 89.5 Å². The molecular weight excluding hydrogens is 512 g/mol. The summed E-state index contributed by atoms with van der Waals surface area (Å²) in [6, 6.07) is 6.52. The van der Waals surface area contributed by atoms with Gasteiger partial charge in [0.05, 0.1) is 13.7 Å². The second kappa shape index (κ2) is 17.2. The molecule has 3 rings (SSSR count). The highest BCUT2D eigenvalue weighted by molar-refractivity contribution is 5.95. The largest absolute Gasteiger partial charge is 0.497 e. The number of carbonyl (C=O) groups is 3. The van der Waals surface area contributed by atoms with Crippen molar-refractivity contribution in [2.45, 2.75) is 109 Å². The van der Waals surface area contributed by atoms with Gasteiger partial charge in [0.2, 0.25) is 11.8 Å². The molecule has 0 saturated carbocycles. The second-order valence-electron chi connectivity index (χ2n) is 10.8. The molecule has 2 aliphatic heterocycles. The molecular formula is C31H48N2O7. The zero-order valence-electron chi connectivity index (χ0n) is 24.6. The molecule has 2 amide bonds. The fourth-order valence-corrected chi connectivity index (χ4v) is 5.38. The number of piperazine rings is 1. The summed E-state index contributed by atoms with van der Waals surface area (Å²) in [5, 5.41) is 0. The number of hydrogen-bond acceptors (Lipinski definition) is 7. The van der Waals surface area contributed by atoms with Gasteiger partial charge in [0.15, 0.2) is 6.29 Å². The standard InChI is InChI=1S/C31H48N2O7/c1-4-5-6-7-8-9-10-11-12-13-14-15-28(35)39-23-26-30-31(36)32(20-24-16-18-25(37-2)19-17-24)21-27(34)33(30)22-29(38-3)40-26/h16-19,26,29-30H,4-15,20-23H2,1-3H3/t26-,29?,30-/m0/s1. The monoisotopic (exact) mass is 560 g/mol. The van der Waals surface area contributed by atoms with E-state index in [9.17, 15) is 14.4 Å². The van der Waals surface area contributed by atoms with Crippen LogP contribution in [0.3, 0.4) is 0 Å². The van der Waals surface area contributed by atoms with E-state index in [4.69, 9.17) is 18.9 Å². The highest BCUT2D eigenvalue weighted by Gasteiger charge is 2.49. The number of unbranched alkanes of at least 4 members (excludes halogenated alkanes) is 10. The van der Waals surface area contributed by atoms with Crippen molar-refractivity contribution >= 4 is 17.8 Å². The normalized spacial score (nSPS) is 20.9. The van der Waals surface area contributed by atoms with Gasteiger partial charge in [-0.15, -0.1) is 0 Å². The van der Waals surface area contributed by atoms with Crippen LogP contribution in [0.25, 0.3) is 0 Å². The minimum Gasteiger partial charge on any atom is -0.497 e. The van der Waals surface area contributed by atoms with Crippen LogP contribution in [0.2, 0.25) is 0 Å². The van der Waals surface area contributed by atoms with Gasteiger partial charge < -0.3 is 28.7 Å². The van der Waals surface area contributed by atoms with Crippen molar-refractivity contribution in [2.24, 2.45) is 0 Å². The number of carbonyl (C=O) groups excluding carboxylic acids is 3. The Morgan fingerprint density at radius 3 is 2.15 bits per heavy atom. The Morgan fingerprint density at radius 1 is 0.925 bits per heavy atom. The Labute approximate surface area is 239 Å². The molecule has 3 atom stereocenters. The summed E-state index contributed by atoms with van der Waals surface area (Å²) in [5.74, 6) is 0.00438. The van der Waals surface area contributed by atoms with Crippen LogP contribution < -0.4 is 4.74 Å². The van der Waals surface area contributed by atoms with E-state index in [1.165, 1.54) is 68.3 Å². The number of nitrogens with zero attached hydrogens (tertiary/aromatic N) is 2. The molecule has 40 heavy (non-hydrogen) atoms. The van der Waals surface area contributed by atoms with Crippen molar-refractivity contribution in [1.82, 2.24) is 9.80 Å². The Bertz CT molecular complexity index is 923. The average molecular weight is 561 g/mol. The maximum Gasteiger partial charge on any atom is 0.305 e. The van der Waals surface area contributed by atoms with Crippen LogP contribution in [-0.4, -0.2) is 79.9 Å². The summed E-state index contributed by atoms with van der Waals surface area (Å²) in [5.41, 5.74) is 0.886. The van der Waals surface area contributed by atoms with E-state index >= 15 is 0 Å². The molecule has 9 nitrogen and oxygen atoms in total. The van der Waals surface area contributed by atoms with Gasteiger partial charge in [-0.3, -0.25) is 14.4 Å². The third-order valence-corrected chi connectivity index (χ3v) is 7.76. The van der Waals surface area contributed by atoms with Crippen LogP contribution >= 0.6 is 0 Å². The van der Waals surface area contributed by atoms with E-state index in [0.29, 0.717) is 6.42 Å². The van der Waals surface area contributed by atoms with Crippen LogP contribution in [0.15, 0.2) is 24.3 Å². The molecule has 2 aliphatic rings. The lowest BCUT2D eigenvalue weighted by Crippen LogP contribution is -2.69. The molecule has 1 aromatic carbocycles. The van der Waals surface area contributed by atoms with Crippen molar-refractivity contribution in [3.05, 3.63) is 29.8 Å². The van der Waals surface area contributed by atoms with Gasteiger partial charge in [0.1, 0.15) is 31.0 Å². The molecule has 0 N–H and O–H groups in total. The van der Waals surface area contributed by atoms with Crippen molar-refractivity contribution in [3.63, 3.8) is 0 Å². The second-order valence-corrected chi connectivity index (χ2v) is 10.8. The summed E-state index contributed by atoms with van der Waals surface area (Å²) in [4.78, 5) is 42.1. The molecule has 0 aromatic heterocycles. The fraction of sp³-hybridized carbons (Fsp3) is 0.710. The Morgan fingerprint density at radius 2 is 1.55 bits per heavy atom. The summed E-state index contributed by atoms with van der Waals surface area (Å²) >= 11 is 0. The number of rotatable bonds is 18. The van der Waals surface area contributed by atoms with E-state index < -0.39 is 18.4 Å². The Balaban J connectivity index is 1.44. The van der Waals surface area contributed by atoms with Crippen molar-refractivity contribution < 1.29 is 33.3 Å². The molecule has 2 heterocycles. The predicted octanol–water partition coefficient (Wildman–Crippen LogP) is 4.85. The molecule has 0 spiro atoms. The maximum absolute atomic E-state index is 13.5. The minimum atomic E-state index is -0.860. The average Bonchev–Trinajstić information content (AvgIpc) is 2.97. The molecule has 224 valence electrons. The third-order valence-electron chi connectivity index (χ3n) is 7.76. The summed E-state index contributed by atoms with van der Waals surface area (Å²) < 4.78 is 22.1. The maximum atomic E-state index is 13.5. The number of hydrogen-bond donors (Lipinski definition) is 0. The Hall–Kier alpha value is -2.65. The first-order chi connectivity index (χ1) is 19.5. The molecule has 2 fully saturated rings. The van der Waals surface area contributed by atoms with Crippen molar-refractivity contribution in [3.8, 4) is 5.75 Å². The number of methoxy groups -OCH3 is 2. The van der Waals surface area contributed by atoms with Gasteiger partial charge >= 0.3 is 5.97 Å². The Kier molecular flexibility index (Phi) is 13.7. The molecule has 9 heteroatoms. The summed E-state index contributed by atoms with van der Waals surface area (Å²) in [7, 11) is 3.09. The quantitative estimate of drug-likeness (QED) is 0.187. The highest BCUT2D eigenvalue weighted by atomic mass is 16.7. The number of benzene rings is 1. The lowest BCUT2D eigenvalue weighted by Gasteiger charge is -2.47. The van der Waals surface area contributed by atoms with Gasteiger partial charge in [0.25, 0.3) is 0 Å². The molecule has 1 aromatic rings. The van der Waals surface area contributed by atoms with Crippen LogP contribution in [0.4, 0.5) is 0 Å².